The lowest BCUT2D eigenvalue weighted by molar-refractivity contribution is 0.0927. The predicted octanol–water partition coefficient (Wildman–Crippen LogP) is 3.89. The zero-order chi connectivity index (χ0) is 13.0. The first-order chi connectivity index (χ1) is 8.74. The Morgan fingerprint density at radius 3 is 2.56 bits per heavy atom. The van der Waals surface area contributed by atoms with Gasteiger partial charge in [-0.15, -0.1) is 0 Å². The highest BCUT2D eigenvalue weighted by Gasteiger charge is 2.14. The van der Waals surface area contributed by atoms with E-state index in [0.717, 1.165) is 17.7 Å². The number of rotatable bonds is 4. The molecular formula is C14H15ClN2O. The van der Waals surface area contributed by atoms with Crippen LogP contribution in [-0.4, -0.2) is 17.1 Å². The van der Waals surface area contributed by atoms with Crippen molar-refractivity contribution < 1.29 is 4.74 Å². The Hall–Kier alpha value is -1.45. The molecule has 0 aliphatic heterocycles. The van der Waals surface area contributed by atoms with Crippen LogP contribution in [0.25, 0.3) is 11.3 Å². The Kier molecular flexibility index (Phi) is 4.28. The van der Waals surface area contributed by atoms with E-state index in [0.29, 0.717) is 11.0 Å². The summed E-state index contributed by atoms with van der Waals surface area (Å²) in [6.45, 7) is 2.03. The molecule has 1 heterocycles. The van der Waals surface area contributed by atoms with Crippen molar-refractivity contribution in [3.8, 4) is 11.3 Å². The first-order valence-electron chi connectivity index (χ1n) is 5.87. The summed E-state index contributed by atoms with van der Waals surface area (Å²) in [4.78, 5) is 8.76. The second-order valence-electron chi connectivity index (χ2n) is 3.93. The summed E-state index contributed by atoms with van der Waals surface area (Å²) in [7, 11) is 1.65. The Labute approximate surface area is 112 Å². The molecule has 0 bridgehead atoms. The largest absolute Gasteiger partial charge is 0.373 e. The van der Waals surface area contributed by atoms with E-state index < -0.39 is 0 Å². The summed E-state index contributed by atoms with van der Waals surface area (Å²) in [5, 5.41) is 0.439. The topological polar surface area (TPSA) is 35.0 Å². The minimum Gasteiger partial charge on any atom is -0.373 e. The highest BCUT2D eigenvalue weighted by atomic mass is 35.5. The fourth-order valence-corrected chi connectivity index (χ4v) is 1.98. The first-order valence-corrected chi connectivity index (χ1v) is 6.25. The number of hydrogen-bond donors (Lipinski definition) is 0. The maximum Gasteiger partial charge on any atom is 0.159 e. The molecule has 0 saturated carbocycles. The smallest absolute Gasteiger partial charge is 0.159 e. The maximum absolute atomic E-state index is 6.05. The molecule has 1 atom stereocenters. The van der Waals surface area contributed by atoms with Gasteiger partial charge < -0.3 is 4.74 Å². The lowest BCUT2D eigenvalue weighted by atomic mass is 10.1. The second kappa shape index (κ2) is 5.94. The van der Waals surface area contributed by atoms with E-state index >= 15 is 0 Å². The number of ether oxygens (including phenoxy) is 1. The fraction of sp³-hybridized carbons (Fsp3) is 0.286. The van der Waals surface area contributed by atoms with Crippen molar-refractivity contribution in [2.75, 3.05) is 7.11 Å². The normalized spacial score (nSPS) is 12.4. The van der Waals surface area contributed by atoms with Crippen LogP contribution in [0.4, 0.5) is 0 Å². The van der Waals surface area contributed by atoms with Crippen molar-refractivity contribution in [1.29, 1.82) is 0 Å². The van der Waals surface area contributed by atoms with E-state index in [2.05, 4.69) is 9.97 Å². The van der Waals surface area contributed by atoms with Crippen molar-refractivity contribution in [2.45, 2.75) is 19.4 Å². The third kappa shape index (κ3) is 2.86. The number of methoxy groups -OCH3 is 1. The monoisotopic (exact) mass is 262 g/mol. The molecule has 0 amide bonds. The average molecular weight is 263 g/mol. The molecular weight excluding hydrogens is 248 g/mol. The van der Waals surface area contributed by atoms with Crippen LogP contribution in [0.2, 0.25) is 5.15 Å². The number of halogens is 1. The van der Waals surface area contributed by atoms with Gasteiger partial charge in [0.25, 0.3) is 0 Å². The molecule has 0 aliphatic carbocycles. The number of nitrogens with zero attached hydrogens (tertiary/aromatic N) is 2. The third-order valence-corrected chi connectivity index (χ3v) is 2.92. The Bertz CT molecular complexity index is 512. The number of aromatic nitrogens is 2. The van der Waals surface area contributed by atoms with E-state index in [9.17, 15) is 0 Å². The summed E-state index contributed by atoms with van der Waals surface area (Å²) in [6, 6.07) is 11.7. The Morgan fingerprint density at radius 1 is 1.22 bits per heavy atom. The molecule has 3 nitrogen and oxygen atoms in total. The van der Waals surface area contributed by atoms with Crippen LogP contribution >= 0.6 is 11.6 Å². The maximum atomic E-state index is 6.05. The molecule has 0 aliphatic rings. The number of benzene rings is 1. The van der Waals surface area contributed by atoms with Gasteiger partial charge in [-0.1, -0.05) is 48.9 Å². The van der Waals surface area contributed by atoms with Crippen LogP contribution in [0.1, 0.15) is 25.3 Å². The number of hydrogen-bond acceptors (Lipinski definition) is 3. The van der Waals surface area contributed by atoms with Crippen LogP contribution in [0.5, 0.6) is 0 Å². The van der Waals surface area contributed by atoms with Gasteiger partial charge in [-0.3, -0.25) is 0 Å². The van der Waals surface area contributed by atoms with E-state index in [1.807, 2.05) is 37.3 Å². The van der Waals surface area contributed by atoms with Crippen LogP contribution < -0.4 is 0 Å². The van der Waals surface area contributed by atoms with E-state index in [1.165, 1.54) is 0 Å². The van der Waals surface area contributed by atoms with Crippen molar-refractivity contribution in [2.24, 2.45) is 0 Å². The van der Waals surface area contributed by atoms with Gasteiger partial charge in [-0.2, -0.15) is 0 Å². The molecule has 2 aromatic rings. The van der Waals surface area contributed by atoms with E-state index in [4.69, 9.17) is 16.3 Å². The van der Waals surface area contributed by atoms with Gasteiger partial charge in [0.2, 0.25) is 0 Å². The second-order valence-corrected chi connectivity index (χ2v) is 4.32. The molecule has 0 radical (unpaired) electrons. The molecule has 0 saturated heterocycles. The quantitative estimate of drug-likeness (QED) is 0.784. The molecule has 1 aromatic heterocycles. The minimum atomic E-state index is -0.119. The van der Waals surface area contributed by atoms with Crippen molar-refractivity contribution >= 4 is 11.6 Å². The first kappa shape index (κ1) is 13.0. The molecule has 4 heteroatoms. The molecule has 0 N–H and O–H groups in total. The molecule has 2 rings (SSSR count). The van der Waals surface area contributed by atoms with Crippen LogP contribution in [0.15, 0.2) is 36.4 Å². The summed E-state index contributed by atoms with van der Waals surface area (Å²) in [6.07, 6.45) is 0.691. The fourth-order valence-electron chi connectivity index (χ4n) is 1.79. The van der Waals surface area contributed by atoms with Gasteiger partial charge in [-0.05, 0) is 6.42 Å². The van der Waals surface area contributed by atoms with Crippen LogP contribution in [-0.2, 0) is 4.74 Å². The molecule has 1 aromatic carbocycles. The molecule has 94 valence electrons. The van der Waals surface area contributed by atoms with Gasteiger partial charge in [0.1, 0.15) is 11.3 Å². The molecule has 0 spiro atoms. The molecule has 1 unspecified atom stereocenters. The molecule has 18 heavy (non-hydrogen) atoms. The van der Waals surface area contributed by atoms with Gasteiger partial charge in [0.05, 0.1) is 5.69 Å². The summed E-state index contributed by atoms with van der Waals surface area (Å²) in [5.41, 5.74) is 1.84. The van der Waals surface area contributed by atoms with Crippen LogP contribution in [0.3, 0.4) is 0 Å². The minimum absolute atomic E-state index is 0.119. The average Bonchev–Trinajstić information content (AvgIpc) is 2.40. The lowest BCUT2D eigenvalue weighted by Crippen LogP contribution is -2.06. The highest BCUT2D eigenvalue weighted by molar-refractivity contribution is 6.29. The van der Waals surface area contributed by atoms with E-state index in [1.54, 1.807) is 13.2 Å². The van der Waals surface area contributed by atoms with Crippen molar-refractivity contribution in [3.63, 3.8) is 0 Å². The standard InChI is InChI=1S/C14H15ClN2O/c1-3-12(18-2)14-16-11(9-13(15)17-14)10-7-5-4-6-8-10/h4-9,12H,3H2,1-2H3. The summed E-state index contributed by atoms with van der Waals surface area (Å²) in [5.74, 6) is 0.631. The summed E-state index contributed by atoms with van der Waals surface area (Å²) >= 11 is 6.05. The lowest BCUT2D eigenvalue weighted by Gasteiger charge is -2.13. The van der Waals surface area contributed by atoms with Gasteiger partial charge >= 0.3 is 0 Å². The predicted molar refractivity (Wildman–Crippen MR) is 72.5 cm³/mol. The van der Waals surface area contributed by atoms with E-state index in [-0.39, 0.29) is 6.10 Å². The van der Waals surface area contributed by atoms with Gasteiger partial charge in [0.15, 0.2) is 5.82 Å². The van der Waals surface area contributed by atoms with Crippen molar-refractivity contribution in [3.05, 3.63) is 47.4 Å². The van der Waals surface area contributed by atoms with Crippen molar-refractivity contribution in [1.82, 2.24) is 9.97 Å². The third-order valence-electron chi connectivity index (χ3n) is 2.73. The van der Waals surface area contributed by atoms with Crippen LogP contribution in [0, 0.1) is 0 Å². The highest BCUT2D eigenvalue weighted by Crippen LogP contribution is 2.24. The van der Waals surface area contributed by atoms with Gasteiger partial charge in [-0.25, -0.2) is 9.97 Å². The van der Waals surface area contributed by atoms with Gasteiger partial charge in [0, 0.05) is 18.7 Å². The molecule has 0 fully saturated rings. The Balaban J connectivity index is 2.44. The zero-order valence-corrected chi connectivity index (χ0v) is 11.2. The summed E-state index contributed by atoms with van der Waals surface area (Å²) < 4.78 is 5.35. The zero-order valence-electron chi connectivity index (χ0n) is 10.4. The Morgan fingerprint density at radius 2 is 1.94 bits per heavy atom. The SMILES string of the molecule is CCC(OC)c1nc(Cl)cc(-c2ccccc2)n1.